The number of fused-ring (bicyclic) bond motifs is 1. The average Bonchev–Trinajstić information content (AvgIpc) is 2.87. The topological polar surface area (TPSA) is 140 Å². The number of ether oxygens (including phenoxy) is 3. The zero-order chi connectivity index (χ0) is 30.5. The van der Waals surface area contributed by atoms with Gasteiger partial charge in [0.25, 0.3) is 5.91 Å². The van der Waals surface area contributed by atoms with E-state index >= 15 is 0 Å². The summed E-state index contributed by atoms with van der Waals surface area (Å²) in [6, 6.07) is 6.48. The molecule has 3 rings (SSSR count). The summed E-state index contributed by atoms with van der Waals surface area (Å²) in [7, 11) is 0. The smallest absolute Gasteiger partial charge is 0.408 e. The van der Waals surface area contributed by atoms with Crippen molar-refractivity contribution in [3.8, 4) is 0 Å². The molecule has 11 nitrogen and oxygen atoms in total. The van der Waals surface area contributed by atoms with Crippen LogP contribution in [0.1, 0.15) is 60.1 Å². The number of rotatable bonds is 8. The lowest BCUT2D eigenvalue weighted by atomic mass is 10.0. The summed E-state index contributed by atoms with van der Waals surface area (Å²) in [5.74, 6) is -2.18. The van der Waals surface area contributed by atoms with Crippen LogP contribution in [-0.2, 0) is 33.4 Å². The van der Waals surface area contributed by atoms with Crippen molar-refractivity contribution >= 4 is 41.6 Å². The minimum Gasteiger partial charge on any atom is -0.463 e. The zero-order valence-electron chi connectivity index (χ0n) is 24.3. The van der Waals surface area contributed by atoms with Gasteiger partial charge < -0.3 is 24.8 Å². The molecule has 0 radical (unpaired) electrons. The Morgan fingerprint density at radius 2 is 1.68 bits per heavy atom. The summed E-state index contributed by atoms with van der Waals surface area (Å²) < 4.78 is 15.8. The Morgan fingerprint density at radius 1 is 1.05 bits per heavy atom. The molecule has 0 bridgehead atoms. The fourth-order valence-electron chi connectivity index (χ4n) is 4.05. The van der Waals surface area contributed by atoms with Crippen LogP contribution in [0.5, 0.6) is 0 Å². The van der Waals surface area contributed by atoms with E-state index in [2.05, 4.69) is 10.6 Å². The van der Waals surface area contributed by atoms with Gasteiger partial charge in [0.1, 0.15) is 34.4 Å². The van der Waals surface area contributed by atoms with Gasteiger partial charge in [-0.25, -0.2) is 14.4 Å². The van der Waals surface area contributed by atoms with Gasteiger partial charge in [-0.2, -0.15) is 0 Å². The molecule has 1 aromatic carbocycles. The van der Waals surface area contributed by atoms with E-state index in [1.54, 1.807) is 78.8 Å². The first kappa shape index (κ1) is 31.7. The summed E-state index contributed by atoms with van der Waals surface area (Å²) in [4.78, 5) is 65.8. The molecule has 2 unspecified atom stereocenters. The summed E-state index contributed by atoms with van der Waals surface area (Å²) in [5.41, 5.74) is -0.699. The minimum absolute atomic E-state index is 0.00575. The summed E-state index contributed by atoms with van der Waals surface area (Å²) in [6.45, 7) is 12.1. The van der Waals surface area contributed by atoms with Gasteiger partial charge in [0, 0.05) is 11.8 Å². The highest BCUT2D eigenvalue weighted by molar-refractivity contribution is 8.00. The van der Waals surface area contributed by atoms with Crippen LogP contribution in [-0.4, -0.2) is 69.7 Å². The van der Waals surface area contributed by atoms with Crippen molar-refractivity contribution in [1.29, 1.82) is 0 Å². The monoisotopic (exact) mass is 587 g/mol. The third kappa shape index (κ3) is 8.35. The largest absolute Gasteiger partial charge is 0.463 e. The van der Waals surface area contributed by atoms with Gasteiger partial charge in [-0.05, 0) is 65.7 Å². The van der Waals surface area contributed by atoms with Gasteiger partial charge in [0.2, 0.25) is 5.91 Å². The quantitative estimate of drug-likeness (QED) is 0.203. The van der Waals surface area contributed by atoms with Gasteiger partial charge in [-0.1, -0.05) is 30.3 Å². The lowest BCUT2D eigenvalue weighted by Gasteiger charge is -2.50. The standard InChI is InChI=1S/C29H37N3O8S/c1-8-38-19(33)15-14-18-16-41-25-21(24(35)32(25)22(18)26(36)39-28(2,3)4)30-23(34)20(17-12-10-9-11-13-17)31-27(37)40-29(5,6)7/h9-15,20-21,25H,8,16H2,1-7H3,(H,30,34)(H,31,37)/t20?,21?,25-/m0/s1. The molecule has 0 saturated carbocycles. The number of thioether (sulfide) groups is 1. The molecular formula is C29H37N3O8S. The number of nitrogens with zero attached hydrogens (tertiary/aromatic N) is 1. The SMILES string of the molecule is CCOC(=O)C=CC1=C(C(=O)OC(C)(C)C)N2C(=O)C(NC(=O)C(NC(=O)OC(C)(C)C)c3ccccc3)[C@@H]2SC1. The number of esters is 2. The molecule has 1 aromatic rings. The number of carbonyl (C=O) groups excluding carboxylic acids is 5. The second kappa shape index (κ2) is 12.8. The first-order valence-corrected chi connectivity index (χ1v) is 14.3. The lowest BCUT2D eigenvalue weighted by molar-refractivity contribution is -0.159. The van der Waals surface area contributed by atoms with Crippen LogP contribution in [0.4, 0.5) is 4.79 Å². The molecule has 222 valence electrons. The Hall–Kier alpha value is -3.80. The van der Waals surface area contributed by atoms with Crippen LogP contribution in [0, 0.1) is 0 Å². The van der Waals surface area contributed by atoms with Gasteiger partial charge in [0.05, 0.1) is 6.61 Å². The Kier molecular flexibility index (Phi) is 9.90. The molecule has 3 atom stereocenters. The number of carbonyl (C=O) groups is 5. The molecule has 2 heterocycles. The van der Waals surface area contributed by atoms with Gasteiger partial charge in [0.15, 0.2) is 0 Å². The fraction of sp³-hybridized carbons (Fsp3) is 0.483. The van der Waals surface area contributed by atoms with Crippen molar-refractivity contribution in [3.05, 3.63) is 59.3 Å². The van der Waals surface area contributed by atoms with Crippen molar-refractivity contribution in [2.45, 2.75) is 77.1 Å². The third-order valence-electron chi connectivity index (χ3n) is 5.65. The summed E-state index contributed by atoms with van der Waals surface area (Å²) >= 11 is 1.32. The maximum absolute atomic E-state index is 13.4. The number of alkyl carbamates (subject to hydrolysis) is 1. The highest BCUT2D eigenvalue weighted by Gasteiger charge is 2.55. The minimum atomic E-state index is -1.13. The van der Waals surface area contributed by atoms with Crippen LogP contribution in [0.3, 0.4) is 0 Å². The molecule has 0 aromatic heterocycles. The molecule has 3 amide bonds. The molecule has 0 aliphatic carbocycles. The second-order valence-corrected chi connectivity index (χ2v) is 12.5. The van der Waals surface area contributed by atoms with Crippen LogP contribution in [0.15, 0.2) is 53.8 Å². The molecule has 2 aliphatic rings. The molecule has 41 heavy (non-hydrogen) atoms. The number of amides is 3. The number of nitrogens with one attached hydrogen (secondary N) is 2. The van der Waals surface area contributed by atoms with E-state index in [4.69, 9.17) is 14.2 Å². The molecule has 0 spiro atoms. The van der Waals surface area contributed by atoms with E-state index in [-0.39, 0.29) is 18.1 Å². The Labute approximate surface area is 244 Å². The number of benzene rings is 1. The average molecular weight is 588 g/mol. The van der Waals surface area contributed by atoms with E-state index < -0.39 is 58.5 Å². The van der Waals surface area contributed by atoms with Crippen LogP contribution >= 0.6 is 11.8 Å². The van der Waals surface area contributed by atoms with Crippen molar-refractivity contribution in [2.75, 3.05) is 12.4 Å². The van der Waals surface area contributed by atoms with Gasteiger partial charge >= 0.3 is 18.0 Å². The van der Waals surface area contributed by atoms with Gasteiger partial charge in [-0.3, -0.25) is 14.5 Å². The number of β-lactam (4-membered cyclic amide) rings is 1. The van der Waals surface area contributed by atoms with E-state index in [9.17, 15) is 24.0 Å². The predicted octanol–water partition coefficient (Wildman–Crippen LogP) is 3.37. The summed E-state index contributed by atoms with van der Waals surface area (Å²) in [5, 5.41) is 4.71. The molecule has 1 fully saturated rings. The van der Waals surface area contributed by atoms with E-state index in [1.165, 1.54) is 28.8 Å². The Morgan fingerprint density at radius 3 is 2.27 bits per heavy atom. The van der Waals surface area contributed by atoms with Crippen LogP contribution in [0.25, 0.3) is 0 Å². The van der Waals surface area contributed by atoms with E-state index in [1.807, 2.05) is 0 Å². The van der Waals surface area contributed by atoms with E-state index in [0.717, 1.165) is 0 Å². The first-order chi connectivity index (χ1) is 19.1. The maximum Gasteiger partial charge on any atom is 0.408 e. The molecule has 2 aliphatic heterocycles. The Bertz CT molecular complexity index is 1250. The zero-order valence-corrected chi connectivity index (χ0v) is 25.1. The second-order valence-electron chi connectivity index (χ2n) is 11.3. The van der Waals surface area contributed by atoms with Crippen molar-refractivity contribution < 1.29 is 38.2 Å². The fourth-order valence-corrected chi connectivity index (χ4v) is 5.37. The predicted molar refractivity (Wildman–Crippen MR) is 152 cm³/mol. The molecular weight excluding hydrogens is 550 g/mol. The highest BCUT2D eigenvalue weighted by atomic mass is 32.2. The van der Waals surface area contributed by atoms with Crippen molar-refractivity contribution in [3.63, 3.8) is 0 Å². The van der Waals surface area contributed by atoms with Crippen LogP contribution in [0.2, 0.25) is 0 Å². The molecule has 1 saturated heterocycles. The van der Waals surface area contributed by atoms with Crippen LogP contribution < -0.4 is 10.6 Å². The number of hydrogen-bond donors (Lipinski definition) is 2. The molecule has 2 N–H and O–H groups in total. The van der Waals surface area contributed by atoms with E-state index in [0.29, 0.717) is 11.1 Å². The van der Waals surface area contributed by atoms with Gasteiger partial charge in [-0.15, -0.1) is 11.8 Å². The third-order valence-corrected chi connectivity index (χ3v) is 6.95. The van der Waals surface area contributed by atoms with Crippen molar-refractivity contribution in [2.24, 2.45) is 0 Å². The Balaban J connectivity index is 1.85. The maximum atomic E-state index is 13.4. The summed E-state index contributed by atoms with van der Waals surface area (Å²) in [6.07, 6.45) is 1.85. The lowest BCUT2D eigenvalue weighted by Crippen LogP contribution is -2.71. The normalized spacial score (nSPS) is 19.6. The first-order valence-electron chi connectivity index (χ1n) is 13.2. The highest BCUT2D eigenvalue weighted by Crippen LogP contribution is 2.41. The number of allylic oxidation sites excluding steroid dienone is 1. The number of hydrogen-bond acceptors (Lipinski definition) is 9. The van der Waals surface area contributed by atoms with Crippen molar-refractivity contribution in [1.82, 2.24) is 15.5 Å². The molecule has 12 heteroatoms.